The summed E-state index contributed by atoms with van der Waals surface area (Å²) in [6.07, 6.45) is 3.87. The van der Waals surface area contributed by atoms with Gasteiger partial charge in [0.05, 0.1) is 0 Å². The number of rotatable bonds is 3. The Bertz CT molecular complexity index is 981. The van der Waals surface area contributed by atoms with Gasteiger partial charge in [-0.15, -0.1) is 0 Å². The van der Waals surface area contributed by atoms with Crippen molar-refractivity contribution in [1.82, 2.24) is 14.9 Å². The van der Waals surface area contributed by atoms with Gasteiger partial charge < -0.3 is 4.90 Å². The molecule has 0 aliphatic carbocycles. The van der Waals surface area contributed by atoms with Crippen molar-refractivity contribution in [3.8, 4) is 11.4 Å². The summed E-state index contributed by atoms with van der Waals surface area (Å²) in [5, 5.41) is 0. The van der Waals surface area contributed by atoms with Gasteiger partial charge in [0.15, 0.2) is 5.82 Å². The summed E-state index contributed by atoms with van der Waals surface area (Å²) in [6, 6.07) is 18.1. The van der Waals surface area contributed by atoms with Crippen molar-refractivity contribution in [3.63, 3.8) is 0 Å². The van der Waals surface area contributed by atoms with Crippen LogP contribution in [0.25, 0.3) is 11.4 Å². The first kappa shape index (κ1) is 18.4. The molecular weight excluding hydrogens is 346 g/mol. The highest BCUT2D eigenvalue weighted by molar-refractivity contribution is 5.94. The van der Waals surface area contributed by atoms with Crippen LogP contribution in [0.2, 0.25) is 0 Å². The van der Waals surface area contributed by atoms with E-state index in [-0.39, 0.29) is 11.8 Å². The van der Waals surface area contributed by atoms with Gasteiger partial charge in [-0.3, -0.25) is 4.79 Å². The lowest BCUT2D eigenvalue weighted by Crippen LogP contribution is -2.39. The molecule has 142 valence electrons. The fourth-order valence-electron chi connectivity index (χ4n) is 3.80. The molecule has 1 atom stereocenters. The van der Waals surface area contributed by atoms with Crippen molar-refractivity contribution in [2.24, 2.45) is 0 Å². The molecule has 1 aromatic heterocycles. The average Bonchev–Trinajstić information content (AvgIpc) is 2.74. The Hall–Kier alpha value is -3.01. The molecule has 4 rings (SSSR count). The smallest absolute Gasteiger partial charge is 0.253 e. The molecule has 0 saturated carbocycles. The molecule has 1 saturated heterocycles. The topological polar surface area (TPSA) is 46.1 Å². The first-order chi connectivity index (χ1) is 13.6. The zero-order valence-electron chi connectivity index (χ0n) is 16.4. The van der Waals surface area contributed by atoms with E-state index in [0.717, 1.165) is 47.6 Å². The van der Waals surface area contributed by atoms with Gasteiger partial charge in [-0.25, -0.2) is 9.97 Å². The molecule has 0 bridgehead atoms. The van der Waals surface area contributed by atoms with E-state index in [1.165, 1.54) is 5.56 Å². The number of carbonyl (C=O) groups excluding carboxylic acids is 1. The Labute approximate surface area is 166 Å². The normalized spacial score (nSPS) is 16.8. The molecule has 0 N–H and O–H groups in total. The molecular formula is C24H25N3O. The lowest BCUT2D eigenvalue weighted by atomic mass is 9.94. The van der Waals surface area contributed by atoms with Crippen LogP contribution in [0, 0.1) is 13.8 Å². The summed E-state index contributed by atoms with van der Waals surface area (Å²) in [5.41, 5.74) is 5.17. The molecule has 0 radical (unpaired) electrons. The van der Waals surface area contributed by atoms with Crippen LogP contribution in [0.5, 0.6) is 0 Å². The number of hydrogen-bond donors (Lipinski definition) is 0. The van der Waals surface area contributed by atoms with Crippen molar-refractivity contribution in [2.75, 3.05) is 13.1 Å². The van der Waals surface area contributed by atoms with Gasteiger partial charge in [0, 0.05) is 42.0 Å². The van der Waals surface area contributed by atoms with E-state index in [9.17, 15) is 4.79 Å². The van der Waals surface area contributed by atoms with Crippen LogP contribution in [-0.2, 0) is 0 Å². The second kappa shape index (κ2) is 7.93. The molecule has 3 aromatic rings. The molecule has 1 aliphatic rings. The maximum absolute atomic E-state index is 12.9. The van der Waals surface area contributed by atoms with Gasteiger partial charge >= 0.3 is 0 Å². The molecule has 0 unspecified atom stereocenters. The third-order valence-electron chi connectivity index (χ3n) is 5.38. The van der Waals surface area contributed by atoms with E-state index in [1.54, 1.807) is 0 Å². The number of amides is 1. The molecule has 2 aromatic carbocycles. The summed E-state index contributed by atoms with van der Waals surface area (Å²) >= 11 is 0. The highest BCUT2D eigenvalue weighted by atomic mass is 16.2. The Morgan fingerprint density at radius 3 is 2.64 bits per heavy atom. The predicted molar refractivity (Wildman–Crippen MR) is 111 cm³/mol. The van der Waals surface area contributed by atoms with E-state index < -0.39 is 0 Å². The Morgan fingerprint density at radius 2 is 1.86 bits per heavy atom. The summed E-state index contributed by atoms with van der Waals surface area (Å²) in [5.74, 6) is 1.11. The summed E-state index contributed by atoms with van der Waals surface area (Å²) in [6.45, 7) is 5.62. The Morgan fingerprint density at radius 1 is 1.04 bits per heavy atom. The first-order valence-electron chi connectivity index (χ1n) is 9.86. The van der Waals surface area contributed by atoms with E-state index in [0.29, 0.717) is 6.54 Å². The van der Waals surface area contributed by atoms with E-state index in [2.05, 4.69) is 24.0 Å². The van der Waals surface area contributed by atoms with Gasteiger partial charge in [0.1, 0.15) is 0 Å². The molecule has 28 heavy (non-hydrogen) atoms. The lowest BCUT2D eigenvalue weighted by molar-refractivity contribution is 0.0706. The van der Waals surface area contributed by atoms with Gasteiger partial charge in [0.25, 0.3) is 5.91 Å². The number of benzene rings is 2. The third kappa shape index (κ3) is 3.96. The highest BCUT2D eigenvalue weighted by Gasteiger charge is 2.26. The number of piperidine rings is 1. The number of carbonyl (C=O) groups is 1. The molecule has 1 aliphatic heterocycles. The molecule has 1 amide bonds. The Balaban J connectivity index is 1.54. The van der Waals surface area contributed by atoms with Crippen molar-refractivity contribution >= 4 is 5.91 Å². The van der Waals surface area contributed by atoms with Crippen LogP contribution in [0.15, 0.2) is 60.8 Å². The zero-order valence-corrected chi connectivity index (χ0v) is 16.4. The van der Waals surface area contributed by atoms with Gasteiger partial charge in [-0.1, -0.05) is 41.5 Å². The van der Waals surface area contributed by atoms with Crippen LogP contribution in [-0.4, -0.2) is 33.9 Å². The standard InChI is InChI=1S/C24H25N3O/c1-17-8-10-19(11-9-17)24(28)27-14-4-7-21(16-27)22-12-13-25-23(26-22)20-6-3-5-18(2)15-20/h3,5-6,8-13,15,21H,4,7,14,16H2,1-2H3/t21-/m1/s1. The number of aromatic nitrogens is 2. The zero-order chi connectivity index (χ0) is 19.5. The summed E-state index contributed by atoms with van der Waals surface area (Å²) in [4.78, 5) is 24.2. The van der Waals surface area contributed by atoms with E-state index in [4.69, 9.17) is 4.98 Å². The molecule has 1 fully saturated rings. The summed E-state index contributed by atoms with van der Waals surface area (Å²) < 4.78 is 0. The second-order valence-electron chi connectivity index (χ2n) is 7.63. The van der Waals surface area contributed by atoms with Crippen LogP contribution in [0.4, 0.5) is 0 Å². The summed E-state index contributed by atoms with van der Waals surface area (Å²) in [7, 11) is 0. The fourth-order valence-corrected chi connectivity index (χ4v) is 3.80. The number of likely N-dealkylation sites (tertiary alicyclic amines) is 1. The average molecular weight is 371 g/mol. The maximum Gasteiger partial charge on any atom is 0.253 e. The number of aryl methyl sites for hydroxylation is 2. The predicted octanol–water partition coefficient (Wildman–Crippen LogP) is 4.78. The third-order valence-corrected chi connectivity index (χ3v) is 5.38. The molecule has 2 heterocycles. The number of hydrogen-bond acceptors (Lipinski definition) is 3. The van der Waals surface area contributed by atoms with Crippen LogP contribution >= 0.6 is 0 Å². The fraction of sp³-hybridized carbons (Fsp3) is 0.292. The largest absolute Gasteiger partial charge is 0.338 e. The number of nitrogens with zero attached hydrogens (tertiary/aromatic N) is 3. The minimum atomic E-state index is 0.109. The quantitative estimate of drug-likeness (QED) is 0.666. The van der Waals surface area contributed by atoms with Gasteiger partial charge in [0.2, 0.25) is 0 Å². The lowest BCUT2D eigenvalue weighted by Gasteiger charge is -2.32. The van der Waals surface area contributed by atoms with Crippen LogP contribution in [0.1, 0.15) is 45.9 Å². The van der Waals surface area contributed by atoms with Crippen LogP contribution < -0.4 is 0 Å². The van der Waals surface area contributed by atoms with Crippen molar-refractivity contribution in [3.05, 3.63) is 83.2 Å². The first-order valence-corrected chi connectivity index (χ1v) is 9.86. The van der Waals surface area contributed by atoms with E-state index >= 15 is 0 Å². The second-order valence-corrected chi connectivity index (χ2v) is 7.63. The van der Waals surface area contributed by atoms with Crippen molar-refractivity contribution < 1.29 is 4.79 Å². The maximum atomic E-state index is 12.9. The van der Waals surface area contributed by atoms with E-state index in [1.807, 2.05) is 60.5 Å². The van der Waals surface area contributed by atoms with Gasteiger partial charge in [-0.05, 0) is 51.0 Å². The van der Waals surface area contributed by atoms with Gasteiger partial charge in [-0.2, -0.15) is 0 Å². The van der Waals surface area contributed by atoms with Crippen molar-refractivity contribution in [1.29, 1.82) is 0 Å². The monoisotopic (exact) mass is 371 g/mol. The minimum absolute atomic E-state index is 0.109. The molecule has 4 heteroatoms. The highest BCUT2D eigenvalue weighted by Crippen LogP contribution is 2.28. The molecule has 0 spiro atoms. The SMILES string of the molecule is Cc1ccc(C(=O)N2CCC[C@@H](c3ccnc(-c4cccc(C)c4)n3)C2)cc1. The molecule has 4 nitrogen and oxygen atoms in total. The van der Waals surface area contributed by atoms with Crippen molar-refractivity contribution in [2.45, 2.75) is 32.6 Å². The minimum Gasteiger partial charge on any atom is -0.338 e. The Kier molecular flexibility index (Phi) is 5.20. The van der Waals surface area contributed by atoms with Crippen LogP contribution in [0.3, 0.4) is 0 Å².